The summed E-state index contributed by atoms with van der Waals surface area (Å²) in [6, 6.07) is 15.0. The Hall–Kier alpha value is -3.75. The van der Waals surface area contributed by atoms with Crippen LogP contribution < -0.4 is 10.0 Å². The molecular weight excluding hydrogens is 498 g/mol. The summed E-state index contributed by atoms with van der Waals surface area (Å²) in [4.78, 5) is 28.7. The highest BCUT2D eigenvalue weighted by Gasteiger charge is 2.35. The molecule has 1 amide bonds. The number of carboxylic acid groups (broad SMARTS) is 1. The molecule has 7 nitrogen and oxygen atoms in total. The van der Waals surface area contributed by atoms with Gasteiger partial charge < -0.3 is 15.6 Å². The van der Waals surface area contributed by atoms with Crippen molar-refractivity contribution in [2.24, 2.45) is 5.92 Å². The summed E-state index contributed by atoms with van der Waals surface area (Å²) in [5, 5.41) is 28.4. The van der Waals surface area contributed by atoms with Crippen molar-refractivity contribution in [2.75, 3.05) is 5.32 Å². The normalized spacial score (nSPS) is 13.8. The lowest BCUT2D eigenvalue weighted by Gasteiger charge is -2.17. The molecule has 182 valence electrons. The Morgan fingerprint density at radius 1 is 1.14 bits per heavy atom. The van der Waals surface area contributed by atoms with Gasteiger partial charge >= 0.3 is 5.97 Å². The van der Waals surface area contributed by atoms with Crippen molar-refractivity contribution in [3.63, 3.8) is 0 Å². The minimum atomic E-state index is -1.04. The first kappa shape index (κ1) is 24.0. The summed E-state index contributed by atoms with van der Waals surface area (Å²) in [6.45, 7) is 0. The molecule has 0 bridgehead atoms. The van der Waals surface area contributed by atoms with Crippen LogP contribution in [-0.2, 0) is 4.79 Å². The first-order chi connectivity index (χ1) is 17.4. The minimum Gasteiger partial charge on any atom is -0.618 e. The number of carbonyl (C=O) groups is 2. The van der Waals surface area contributed by atoms with Gasteiger partial charge in [0.1, 0.15) is 10.9 Å². The highest BCUT2D eigenvalue weighted by atomic mass is 35.5. The molecule has 2 N–H and O–H groups in total. The second kappa shape index (κ2) is 10.1. The van der Waals surface area contributed by atoms with Gasteiger partial charge in [0.25, 0.3) is 0 Å². The molecule has 0 radical (unpaired) electrons. The number of thiazole rings is 1. The third kappa shape index (κ3) is 5.24. The molecule has 2 heterocycles. The molecule has 0 saturated heterocycles. The molecule has 1 fully saturated rings. The number of pyridine rings is 1. The van der Waals surface area contributed by atoms with E-state index in [1.807, 2.05) is 23.6 Å². The molecule has 0 spiro atoms. The molecule has 1 atom stereocenters. The molecule has 1 aliphatic carbocycles. The van der Waals surface area contributed by atoms with Crippen molar-refractivity contribution in [1.82, 2.24) is 4.98 Å². The fourth-order valence-corrected chi connectivity index (χ4v) is 5.04. The monoisotopic (exact) mass is 519 g/mol. The van der Waals surface area contributed by atoms with Gasteiger partial charge in [-0.1, -0.05) is 24.4 Å². The molecule has 9 heteroatoms. The van der Waals surface area contributed by atoms with Crippen LogP contribution in [0, 0.1) is 11.1 Å². The molecule has 1 saturated carbocycles. The third-order valence-corrected chi connectivity index (χ3v) is 7.28. The maximum absolute atomic E-state index is 13.3. The number of hydrogen-bond acceptors (Lipinski definition) is 5. The summed E-state index contributed by atoms with van der Waals surface area (Å²) in [7, 11) is 0. The van der Waals surface area contributed by atoms with Crippen LogP contribution in [0.4, 0.5) is 5.69 Å². The number of hydrogen-bond donors (Lipinski definition) is 2. The van der Waals surface area contributed by atoms with Crippen LogP contribution in [0.1, 0.15) is 41.2 Å². The van der Waals surface area contributed by atoms with Gasteiger partial charge in [0.15, 0.2) is 6.20 Å². The number of benzene rings is 2. The standard InChI is InChI=1S/C27H22ClN3O4S/c28-19-6-9-21(26-29-11-12-36-26)22(14-19)18-5-10-24(31(35)15-18)23(13-16-1-2-16)25(32)30-20-7-3-17(4-8-20)27(33)34/h3-12,14-16,23H,1-2,13H2,(H,30,32)(H,33,34). The molecule has 1 unspecified atom stereocenters. The second-order valence-electron chi connectivity index (χ2n) is 8.80. The number of halogens is 1. The summed E-state index contributed by atoms with van der Waals surface area (Å²) >= 11 is 7.77. The minimum absolute atomic E-state index is 0.133. The van der Waals surface area contributed by atoms with E-state index in [4.69, 9.17) is 16.7 Å². The van der Waals surface area contributed by atoms with Gasteiger partial charge in [0.05, 0.1) is 5.56 Å². The molecular formula is C27H22ClN3O4S. The van der Waals surface area contributed by atoms with Crippen LogP contribution in [0.15, 0.2) is 72.4 Å². The van der Waals surface area contributed by atoms with E-state index in [0.717, 1.165) is 33.7 Å². The molecule has 1 aliphatic rings. The van der Waals surface area contributed by atoms with Crippen LogP contribution in [0.2, 0.25) is 5.02 Å². The van der Waals surface area contributed by atoms with Crippen LogP contribution >= 0.6 is 22.9 Å². The predicted octanol–water partition coefficient (Wildman–Crippen LogP) is 5.98. The number of rotatable bonds is 8. The maximum atomic E-state index is 13.3. The molecule has 4 aromatic rings. The molecule has 2 aromatic carbocycles. The number of nitrogens with one attached hydrogen (secondary N) is 1. The van der Waals surface area contributed by atoms with Crippen LogP contribution in [0.25, 0.3) is 21.7 Å². The Kier molecular flexibility index (Phi) is 6.71. The predicted molar refractivity (Wildman–Crippen MR) is 139 cm³/mol. The van der Waals surface area contributed by atoms with Crippen LogP contribution in [-0.4, -0.2) is 22.0 Å². The van der Waals surface area contributed by atoms with E-state index >= 15 is 0 Å². The zero-order valence-corrected chi connectivity index (χ0v) is 20.6. The summed E-state index contributed by atoms with van der Waals surface area (Å²) in [5.74, 6) is -1.57. The SMILES string of the molecule is O=C(O)c1ccc(NC(=O)C(CC2CC2)c2ccc(-c3cc(Cl)ccc3-c3nccs3)c[n+]2[O-])cc1. The Morgan fingerprint density at radius 3 is 2.56 bits per heavy atom. The zero-order valence-electron chi connectivity index (χ0n) is 19.1. The Bertz CT molecular complexity index is 1420. The van der Waals surface area contributed by atoms with E-state index in [-0.39, 0.29) is 11.5 Å². The van der Waals surface area contributed by atoms with Crippen molar-refractivity contribution >= 4 is 40.5 Å². The van der Waals surface area contributed by atoms with Gasteiger partial charge in [-0.2, -0.15) is 4.73 Å². The molecule has 2 aromatic heterocycles. The number of aromatic carboxylic acids is 1. The van der Waals surface area contributed by atoms with E-state index in [9.17, 15) is 14.8 Å². The van der Waals surface area contributed by atoms with E-state index < -0.39 is 11.9 Å². The van der Waals surface area contributed by atoms with Crippen molar-refractivity contribution in [3.05, 3.63) is 93.9 Å². The number of aromatic nitrogens is 2. The van der Waals surface area contributed by atoms with Crippen molar-refractivity contribution in [1.29, 1.82) is 0 Å². The van der Waals surface area contributed by atoms with Gasteiger partial charge in [-0.05, 0) is 66.4 Å². The lowest BCUT2D eigenvalue weighted by atomic mass is 9.94. The topological polar surface area (TPSA) is 106 Å². The third-order valence-electron chi connectivity index (χ3n) is 6.24. The van der Waals surface area contributed by atoms with E-state index in [1.165, 1.54) is 29.7 Å². The fourth-order valence-electron chi connectivity index (χ4n) is 4.19. The van der Waals surface area contributed by atoms with Gasteiger partial charge in [-0.15, -0.1) is 11.3 Å². The lowest BCUT2D eigenvalue weighted by molar-refractivity contribution is -0.614. The van der Waals surface area contributed by atoms with Crippen LogP contribution in [0.5, 0.6) is 0 Å². The van der Waals surface area contributed by atoms with Gasteiger partial charge in [-0.25, -0.2) is 9.78 Å². The first-order valence-corrected chi connectivity index (χ1v) is 12.7. The number of carbonyl (C=O) groups excluding carboxylic acids is 1. The number of anilines is 1. The van der Waals surface area contributed by atoms with E-state index in [0.29, 0.717) is 34.3 Å². The largest absolute Gasteiger partial charge is 0.618 e. The summed E-state index contributed by atoms with van der Waals surface area (Å²) in [6.07, 6.45) is 5.85. The Balaban J connectivity index is 1.45. The molecule has 5 rings (SSSR count). The van der Waals surface area contributed by atoms with Crippen molar-refractivity contribution in [2.45, 2.75) is 25.2 Å². The highest BCUT2D eigenvalue weighted by Crippen LogP contribution is 2.39. The number of carboxylic acids is 1. The number of nitrogens with zero attached hydrogens (tertiary/aromatic N) is 2. The maximum Gasteiger partial charge on any atom is 0.335 e. The first-order valence-electron chi connectivity index (χ1n) is 11.5. The van der Waals surface area contributed by atoms with Gasteiger partial charge in [0.2, 0.25) is 11.6 Å². The van der Waals surface area contributed by atoms with Crippen molar-refractivity contribution in [3.8, 4) is 21.7 Å². The highest BCUT2D eigenvalue weighted by molar-refractivity contribution is 7.13. The molecule has 36 heavy (non-hydrogen) atoms. The summed E-state index contributed by atoms with van der Waals surface area (Å²) in [5.41, 5.74) is 3.31. The lowest BCUT2D eigenvalue weighted by Crippen LogP contribution is -2.37. The van der Waals surface area contributed by atoms with Gasteiger partial charge in [-0.3, -0.25) is 4.79 Å². The number of amides is 1. The second-order valence-corrected chi connectivity index (χ2v) is 10.1. The van der Waals surface area contributed by atoms with Crippen LogP contribution in [0.3, 0.4) is 0 Å². The molecule has 0 aliphatic heterocycles. The Morgan fingerprint density at radius 2 is 1.92 bits per heavy atom. The fraction of sp³-hybridized carbons (Fsp3) is 0.185. The quantitative estimate of drug-likeness (QED) is 0.220. The average molecular weight is 520 g/mol. The van der Waals surface area contributed by atoms with E-state index in [2.05, 4.69) is 10.3 Å². The average Bonchev–Trinajstić information content (AvgIpc) is 3.52. The Labute approximate surface area is 216 Å². The summed E-state index contributed by atoms with van der Waals surface area (Å²) < 4.78 is 0.766. The zero-order chi connectivity index (χ0) is 25.2. The smallest absolute Gasteiger partial charge is 0.335 e. The van der Waals surface area contributed by atoms with Crippen molar-refractivity contribution < 1.29 is 19.4 Å². The van der Waals surface area contributed by atoms with Gasteiger partial charge in [0, 0.05) is 39.5 Å². The van der Waals surface area contributed by atoms with E-state index in [1.54, 1.807) is 30.5 Å².